The molecule has 528 valence electrons. The Kier molecular flexibility index (Phi) is 29.4. The highest BCUT2D eigenvalue weighted by atomic mass is 16.7. The molecule has 12 rings (SSSR count). The predicted octanol–water partition coefficient (Wildman–Crippen LogP) is 15.2. The molecule has 0 N–H and O–H groups in total. The third-order valence-electron chi connectivity index (χ3n) is 18.2. The smallest absolute Gasteiger partial charge is 0.302 e. The Morgan fingerprint density at radius 1 is 0.290 bits per heavy atom. The maximum atomic E-state index is 12.1. The van der Waals surface area contributed by atoms with E-state index in [2.05, 4.69) is 0 Å². The van der Waals surface area contributed by atoms with Gasteiger partial charge in [-0.15, -0.1) is 0 Å². The van der Waals surface area contributed by atoms with Crippen LogP contribution in [0.1, 0.15) is 110 Å². The predicted molar refractivity (Wildman–Crippen MR) is 377 cm³/mol. The fraction of sp³-hybridized carbons (Fsp3) is 0.405. The molecule has 2 saturated carbocycles. The van der Waals surface area contributed by atoms with E-state index in [1.165, 1.54) is 13.8 Å². The van der Waals surface area contributed by atoms with E-state index in [0.717, 1.165) is 95.9 Å². The fourth-order valence-electron chi connectivity index (χ4n) is 13.2. The number of hydrogen-bond donors (Lipinski definition) is 0. The van der Waals surface area contributed by atoms with E-state index in [4.69, 9.17) is 66.3 Å². The number of rotatable bonds is 32. The zero-order valence-electron chi connectivity index (χ0n) is 57.4. The normalized spacial score (nSPS) is 25.2. The van der Waals surface area contributed by atoms with Crippen LogP contribution in [0.2, 0.25) is 0 Å². The second-order valence-electron chi connectivity index (χ2n) is 25.9. The minimum atomic E-state index is -0.845. The standard InChI is InChI=1S/2C42H48O8/c2*1-31(43)48-36-24-14-15-25-37(36)49-42-41(47-29-35-22-12-5-13-23-35)40(46-28-34-20-10-4-11-21-34)39(45-27-33-18-8-3-9-19-33)38(50-42)30-44-26-32-16-6-2-7-17-32/h2*2-13,16-23,36-42H,14-15,24-30H2,1H3/t2*36-,37-,38?,39?,40?,41?,42?/m10/s1. The molecule has 2 aliphatic carbocycles. The molecule has 0 spiro atoms. The first-order valence-corrected chi connectivity index (χ1v) is 35.4. The largest absolute Gasteiger partial charge is 0.460 e. The molecule has 2 heterocycles. The van der Waals surface area contributed by atoms with Gasteiger partial charge in [-0.3, -0.25) is 9.59 Å². The van der Waals surface area contributed by atoms with Gasteiger partial charge < -0.3 is 66.3 Å². The molecule has 8 aromatic carbocycles. The molecule has 4 fully saturated rings. The van der Waals surface area contributed by atoms with Crippen LogP contribution in [0.3, 0.4) is 0 Å². The number of hydrogen-bond acceptors (Lipinski definition) is 16. The van der Waals surface area contributed by atoms with Gasteiger partial charge in [0.2, 0.25) is 0 Å². The van der Waals surface area contributed by atoms with Crippen molar-refractivity contribution in [3.05, 3.63) is 287 Å². The van der Waals surface area contributed by atoms with Gasteiger partial charge in [0.15, 0.2) is 12.6 Å². The molecule has 100 heavy (non-hydrogen) atoms. The molecule has 16 nitrogen and oxygen atoms in total. The molecular formula is C84H96O16. The second-order valence-corrected chi connectivity index (χ2v) is 25.9. The summed E-state index contributed by atoms with van der Waals surface area (Å²) in [4.78, 5) is 24.2. The lowest BCUT2D eigenvalue weighted by atomic mass is 9.93. The molecule has 2 saturated heterocycles. The lowest BCUT2D eigenvalue weighted by Gasteiger charge is -2.47. The molecular weight excluding hydrogens is 1260 g/mol. The van der Waals surface area contributed by atoms with Gasteiger partial charge in [0.25, 0.3) is 0 Å². The van der Waals surface area contributed by atoms with Crippen LogP contribution < -0.4 is 0 Å². The molecule has 0 radical (unpaired) electrons. The topological polar surface area (TPSA) is 163 Å². The van der Waals surface area contributed by atoms with Gasteiger partial charge in [-0.05, 0) is 83.0 Å². The Balaban J connectivity index is 0.000000202. The number of esters is 2. The van der Waals surface area contributed by atoms with Crippen molar-refractivity contribution < 1.29 is 75.9 Å². The van der Waals surface area contributed by atoms with Gasteiger partial charge >= 0.3 is 11.9 Å². The van der Waals surface area contributed by atoms with Gasteiger partial charge in [0, 0.05) is 13.8 Å². The first-order valence-electron chi connectivity index (χ1n) is 35.4. The summed E-state index contributed by atoms with van der Waals surface area (Å²) in [6.07, 6.45) is -1.14. The van der Waals surface area contributed by atoms with Crippen LogP contribution >= 0.6 is 0 Å². The molecule has 0 aromatic heterocycles. The first-order chi connectivity index (χ1) is 49.2. The van der Waals surface area contributed by atoms with Crippen molar-refractivity contribution in [2.45, 2.75) is 204 Å². The molecule has 0 amide bonds. The van der Waals surface area contributed by atoms with Crippen molar-refractivity contribution >= 4 is 11.9 Å². The number of ether oxygens (including phenoxy) is 14. The molecule has 16 heteroatoms. The van der Waals surface area contributed by atoms with Gasteiger partial charge in [-0.1, -0.05) is 255 Å². The van der Waals surface area contributed by atoms with Crippen LogP contribution in [0, 0.1) is 0 Å². The summed E-state index contributed by atoms with van der Waals surface area (Å²) >= 11 is 0. The fourth-order valence-corrected chi connectivity index (χ4v) is 13.2. The Labute approximate surface area is 589 Å². The SMILES string of the molecule is CC(=O)O[C@@H]1CCCC[C@H]1OC1OC(COCc2ccccc2)C(OCc2ccccc2)C(OCc2ccccc2)C1OCc1ccccc1.CC(=O)O[C@H]1CCCC[C@@H]1OC1OC(COCc2ccccc2)C(OCc2ccccc2)C(OCc2ccccc2)C1OCc1ccccc1. The summed E-state index contributed by atoms with van der Waals surface area (Å²) in [6, 6.07) is 80.4. The number of carbonyl (C=O) groups is 2. The van der Waals surface area contributed by atoms with Crippen molar-refractivity contribution in [2.75, 3.05) is 13.2 Å². The van der Waals surface area contributed by atoms with Gasteiger partial charge in [0.1, 0.15) is 61.0 Å². The van der Waals surface area contributed by atoms with Crippen molar-refractivity contribution in [1.29, 1.82) is 0 Å². The van der Waals surface area contributed by atoms with E-state index in [1.807, 2.05) is 243 Å². The third-order valence-corrected chi connectivity index (χ3v) is 18.2. The lowest BCUT2D eigenvalue weighted by Crippen LogP contribution is -2.62. The van der Waals surface area contributed by atoms with E-state index < -0.39 is 61.4 Å². The van der Waals surface area contributed by atoms with Crippen molar-refractivity contribution in [3.63, 3.8) is 0 Å². The quantitative estimate of drug-likeness (QED) is 0.0366. The van der Waals surface area contributed by atoms with E-state index in [0.29, 0.717) is 52.9 Å². The van der Waals surface area contributed by atoms with E-state index >= 15 is 0 Å². The average Bonchev–Trinajstić information content (AvgIpc) is 0.789. The summed E-state index contributed by atoms with van der Waals surface area (Å²) < 4.78 is 92.1. The van der Waals surface area contributed by atoms with Crippen LogP contribution in [-0.2, 0) is 129 Å². The molecule has 8 aromatic rings. The summed E-state index contributed by atoms with van der Waals surface area (Å²) in [6.45, 7) is 6.21. The molecule has 2 aliphatic heterocycles. The summed E-state index contributed by atoms with van der Waals surface area (Å²) in [5, 5.41) is 0. The zero-order valence-corrected chi connectivity index (χ0v) is 57.4. The van der Waals surface area contributed by atoms with E-state index in [1.54, 1.807) is 0 Å². The Morgan fingerprint density at radius 3 is 0.760 bits per heavy atom. The molecule has 10 unspecified atom stereocenters. The minimum absolute atomic E-state index is 0.239. The molecule has 0 bridgehead atoms. The maximum absolute atomic E-state index is 12.1. The zero-order chi connectivity index (χ0) is 68.8. The van der Waals surface area contributed by atoms with Crippen LogP contribution in [0.5, 0.6) is 0 Å². The van der Waals surface area contributed by atoms with Gasteiger partial charge in [0.05, 0.1) is 78.3 Å². The average molecular weight is 1360 g/mol. The van der Waals surface area contributed by atoms with Crippen molar-refractivity contribution in [3.8, 4) is 0 Å². The Bertz CT molecular complexity index is 3310. The van der Waals surface area contributed by atoms with Crippen LogP contribution in [0.15, 0.2) is 243 Å². The van der Waals surface area contributed by atoms with Gasteiger partial charge in [-0.2, -0.15) is 0 Å². The van der Waals surface area contributed by atoms with E-state index in [9.17, 15) is 9.59 Å². The van der Waals surface area contributed by atoms with Crippen LogP contribution in [-0.4, -0.2) is 111 Å². The summed E-state index contributed by atoms with van der Waals surface area (Å²) in [7, 11) is 0. The summed E-state index contributed by atoms with van der Waals surface area (Å²) in [5.74, 6) is -0.643. The highest BCUT2D eigenvalue weighted by Gasteiger charge is 2.52. The minimum Gasteiger partial charge on any atom is -0.460 e. The maximum Gasteiger partial charge on any atom is 0.302 e. The lowest BCUT2D eigenvalue weighted by molar-refractivity contribution is -0.342. The Hall–Kier alpha value is -7.78. The first kappa shape index (κ1) is 73.4. The second kappa shape index (κ2) is 40.0. The monoisotopic (exact) mass is 1360 g/mol. The van der Waals surface area contributed by atoms with Gasteiger partial charge in [-0.25, -0.2) is 0 Å². The van der Waals surface area contributed by atoms with Crippen LogP contribution in [0.4, 0.5) is 0 Å². The van der Waals surface area contributed by atoms with Crippen molar-refractivity contribution in [1.82, 2.24) is 0 Å². The highest BCUT2D eigenvalue weighted by molar-refractivity contribution is 5.66. The number of carbonyl (C=O) groups excluding carboxylic acids is 2. The van der Waals surface area contributed by atoms with Crippen molar-refractivity contribution in [2.24, 2.45) is 0 Å². The highest BCUT2D eigenvalue weighted by Crippen LogP contribution is 2.37. The summed E-state index contributed by atoms with van der Waals surface area (Å²) in [5.41, 5.74) is 8.26. The number of benzene rings is 8. The Morgan fingerprint density at radius 2 is 0.510 bits per heavy atom. The van der Waals surface area contributed by atoms with Crippen LogP contribution in [0.25, 0.3) is 0 Å². The van der Waals surface area contributed by atoms with E-state index in [-0.39, 0.29) is 49.6 Å². The third kappa shape index (κ3) is 23.1. The molecule has 4 aliphatic rings. The molecule has 14 atom stereocenters.